The molecule has 1 unspecified atom stereocenters. The van der Waals surface area contributed by atoms with Gasteiger partial charge in [-0.25, -0.2) is 17.2 Å². The molecule has 1 aromatic carbocycles. The van der Waals surface area contributed by atoms with Crippen molar-refractivity contribution in [3.8, 4) is 0 Å². The monoisotopic (exact) mass is 293 g/mol. The first-order chi connectivity index (χ1) is 8.73. The van der Waals surface area contributed by atoms with E-state index in [0.29, 0.717) is 4.31 Å². The van der Waals surface area contributed by atoms with Crippen LogP contribution in [0.2, 0.25) is 0 Å². The second-order valence-corrected chi connectivity index (χ2v) is 5.63. The first-order valence-corrected chi connectivity index (χ1v) is 6.86. The van der Waals surface area contributed by atoms with Gasteiger partial charge in [-0.1, -0.05) is 13.0 Å². The minimum absolute atomic E-state index is 0.175. The molecule has 8 heteroatoms. The van der Waals surface area contributed by atoms with Crippen molar-refractivity contribution in [2.45, 2.75) is 24.8 Å². The Balaban J connectivity index is 3.37. The average Bonchev–Trinajstić information content (AvgIpc) is 2.32. The van der Waals surface area contributed by atoms with Crippen LogP contribution in [0.5, 0.6) is 0 Å². The van der Waals surface area contributed by atoms with Gasteiger partial charge >= 0.3 is 5.97 Å². The van der Waals surface area contributed by atoms with Crippen molar-refractivity contribution in [3.63, 3.8) is 0 Å². The van der Waals surface area contributed by atoms with Crippen LogP contribution in [0, 0.1) is 11.6 Å². The summed E-state index contributed by atoms with van der Waals surface area (Å²) in [5.74, 6) is -4.19. The third-order valence-corrected chi connectivity index (χ3v) is 4.67. The Bertz CT molecular complexity index is 588. The molecule has 0 heterocycles. The summed E-state index contributed by atoms with van der Waals surface area (Å²) in [6.45, 7) is 2.39. The molecular weight excluding hydrogens is 280 g/mol. The Labute approximate surface area is 109 Å². The lowest BCUT2D eigenvalue weighted by molar-refractivity contribution is -0.140. The van der Waals surface area contributed by atoms with Crippen molar-refractivity contribution in [3.05, 3.63) is 29.8 Å². The molecule has 0 fully saturated rings. The number of carbonyl (C=O) groups is 1. The van der Waals surface area contributed by atoms with Crippen LogP contribution in [0.1, 0.15) is 13.8 Å². The smallest absolute Gasteiger partial charge is 0.321 e. The predicted octanol–water partition coefficient (Wildman–Crippen LogP) is 1.45. The summed E-state index contributed by atoms with van der Waals surface area (Å²) in [6.07, 6.45) is 0. The molecule has 0 aliphatic heterocycles. The number of hydrogen-bond donors (Lipinski definition) is 1. The van der Waals surface area contributed by atoms with E-state index in [4.69, 9.17) is 5.11 Å². The lowest BCUT2D eigenvalue weighted by atomic mass is 10.3. The molecule has 0 aliphatic carbocycles. The van der Waals surface area contributed by atoms with Crippen LogP contribution < -0.4 is 0 Å². The van der Waals surface area contributed by atoms with Crippen molar-refractivity contribution in [2.24, 2.45) is 0 Å². The van der Waals surface area contributed by atoms with Gasteiger partial charge in [-0.15, -0.1) is 0 Å². The number of likely N-dealkylation sites (N-methyl/N-ethyl adjacent to an activating group) is 1. The quantitative estimate of drug-likeness (QED) is 0.891. The van der Waals surface area contributed by atoms with Crippen LogP contribution in [-0.4, -0.2) is 36.4 Å². The largest absolute Gasteiger partial charge is 0.480 e. The van der Waals surface area contributed by atoms with Crippen molar-refractivity contribution in [1.82, 2.24) is 4.31 Å². The van der Waals surface area contributed by atoms with Crippen LogP contribution in [0.15, 0.2) is 23.1 Å². The summed E-state index contributed by atoms with van der Waals surface area (Å²) < 4.78 is 51.5. The third kappa shape index (κ3) is 2.90. The van der Waals surface area contributed by atoms with Crippen molar-refractivity contribution in [2.75, 3.05) is 6.54 Å². The van der Waals surface area contributed by atoms with Gasteiger partial charge in [0, 0.05) is 6.54 Å². The van der Waals surface area contributed by atoms with Gasteiger partial charge < -0.3 is 5.11 Å². The number of benzene rings is 1. The molecule has 0 bridgehead atoms. The number of carboxylic acid groups (broad SMARTS) is 1. The Hall–Kier alpha value is -1.54. The first-order valence-electron chi connectivity index (χ1n) is 5.42. The van der Waals surface area contributed by atoms with Gasteiger partial charge in [0.2, 0.25) is 10.0 Å². The lowest BCUT2D eigenvalue weighted by Crippen LogP contribution is -2.43. The first kappa shape index (κ1) is 15.5. The maximum atomic E-state index is 13.5. The van der Waals surface area contributed by atoms with Gasteiger partial charge in [0.1, 0.15) is 10.9 Å². The number of hydrogen-bond acceptors (Lipinski definition) is 3. The molecule has 0 saturated heterocycles. The fraction of sp³-hybridized carbons (Fsp3) is 0.364. The number of nitrogens with zero attached hydrogens (tertiary/aromatic N) is 1. The van der Waals surface area contributed by atoms with E-state index in [1.165, 1.54) is 6.92 Å². The molecule has 5 nitrogen and oxygen atoms in total. The Kier molecular flexibility index (Phi) is 4.59. The number of rotatable bonds is 5. The zero-order valence-electron chi connectivity index (χ0n) is 10.3. The van der Waals surface area contributed by atoms with E-state index in [2.05, 4.69) is 0 Å². The van der Waals surface area contributed by atoms with Gasteiger partial charge in [-0.2, -0.15) is 4.31 Å². The summed E-state index contributed by atoms with van der Waals surface area (Å²) in [5, 5.41) is 8.84. The van der Waals surface area contributed by atoms with Crippen LogP contribution in [0.3, 0.4) is 0 Å². The molecule has 106 valence electrons. The molecule has 1 aromatic rings. The molecule has 1 N–H and O–H groups in total. The third-order valence-electron chi connectivity index (χ3n) is 2.60. The zero-order chi connectivity index (χ0) is 14.8. The molecule has 0 aromatic heterocycles. The van der Waals surface area contributed by atoms with Crippen molar-refractivity contribution < 1.29 is 27.1 Å². The van der Waals surface area contributed by atoms with Crippen LogP contribution in [-0.2, 0) is 14.8 Å². The summed E-state index contributed by atoms with van der Waals surface area (Å²) in [5.41, 5.74) is 0. The highest BCUT2D eigenvalue weighted by atomic mass is 32.2. The normalized spacial score (nSPS) is 13.5. The molecular formula is C11H13F2NO4S. The van der Waals surface area contributed by atoms with Crippen LogP contribution in [0.25, 0.3) is 0 Å². The van der Waals surface area contributed by atoms with E-state index in [0.717, 1.165) is 25.1 Å². The fourth-order valence-electron chi connectivity index (χ4n) is 1.58. The molecule has 0 saturated carbocycles. The molecule has 1 rings (SSSR count). The minimum atomic E-state index is -4.41. The van der Waals surface area contributed by atoms with E-state index in [1.54, 1.807) is 0 Å². The maximum Gasteiger partial charge on any atom is 0.321 e. The van der Waals surface area contributed by atoms with E-state index < -0.39 is 38.6 Å². The Morgan fingerprint density at radius 3 is 2.47 bits per heavy atom. The Morgan fingerprint density at radius 2 is 2.00 bits per heavy atom. The van der Waals surface area contributed by atoms with Crippen LogP contribution >= 0.6 is 0 Å². The molecule has 0 aliphatic rings. The number of halogens is 2. The number of aliphatic carboxylic acids is 1. The van der Waals surface area contributed by atoms with Gasteiger partial charge in [0.15, 0.2) is 11.6 Å². The predicted molar refractivity (Wildman–Crippen MR) is 63.0 cm³/mol. The highest BCUT2D eigenvalue weighted by Crippen LogP contribution is 2.22. The standard InChI is InChI=1S/C11H13F2NO4S/c1-3-14(7(2)11(15)16)19(17,18)9-6-4-5-8(12)10(9)13/h4-7H,3H2,1-2H3,(H,15,16). The second kappa shape index (κ2) is 5.62. The highest BCUT2D eigenvalue weighted by molar-refractivity contribution is 7.89. The SMILES string of the molecule is CCN(C(C)C(=O)O)S(=O)(=O)c1cccc(F)c1F. The molecule has 0 amide bonds. The summed E-state index contributed by atoms with van der Waals surface area (Å²) in [4.78, 5) is 9.98. The van der Waals surface area contributed by atoms with E-state index in [9.17, 15) is 22.0 Å². The minimum Gasteiger partial charge on any atom is -0.480 e. The maximum absolute atomic E-state index is 13.5. The second-order valence-electron chi connectivity index (χ2n) is 3.77. The Morgan fingerprint density at radius 1 is 1.42 bits per heavy atom. The topological polar surface area (TPSA) is 74.7 Å². The van der Waals surface area contributed by atoms with Crippen LogP contribution in [0.4, 0.5) is 8.78 Å². The average molecular weight is 293 g/mol. The summed E-state index contributed by atoms with van der Waals surface area (Å²) in [6, 6.07) is 1.35. The van der Waals surface area contributed by atoms with Gasteiger partial charge in [-0.05, 0) is 19.1 Å². The number of sulfonamides is 1. The lowest BCUT2D eigenvalue weighted by Gasteiger charge is -2.24. The summed E-state index contributed by atoms with van der Waals surface area (Å²) in [7, 11) is -4.41. The molecule has 1 atom stereocenters. The van der Waals surface area contributed by atoms with E-state index >= 15 is 0 Å². The van der Waals surface area contributed by atoms with Crippen molar-refractivity contribution >= 4 is 16.0 Å². The van der Waals surface area contributed by atoms with Crippen molar-refractivity contribution in [1.29, 1.82) is 0 Å². The number of carboxylic acids is 1. The fourth-order valence-corrected chi connectivity index (χ4v) is 3.26. The summed E-state index contributed by atoms with van der Waals surface area (Å²) >= 11 is 0. The van der Waals surface area contributed by atoms with E-state index in [-0.39, 0.29) is 6.54 Å². The zero-order valence-corrected chi connectivity index (χ0v) is 11.1. The van der Waals surface area contributed by atoms with E-state index in [1.807, 2.05) is 0 Å². The molecule has 0 radical (unpaired) electrons. The molecule has 0 spiro atoms. The van der Waals surface area contributed by atoms with Gasteiger partial charge in [0.25, 0.3) is 0 Å². The highest BCUT2D eigenvalue weighted by Gasteiger charge is 2.34. The van der Waals surface area contributed by atoms with Gasteiger partial charge in [-0.3, -0.25) is 4.79 Å². The molecule has 19 heavy (non-hydrogen) atoms. The van der Waals surface area contributed by atoms with Gasteiger partial charge in [0.05, 0.1) is 0 Å².